The first kappa shape index (κ1) is 24.6. The fourth-order valence-corrected chi connectivity index (χ4v) is 7.25. The number of imide groups is 2. The summed E-state index contributed by atoms with van der Waals surface area (Å²) >= 11 is 5.99. The first-order valence-electron chi connectivity index (χ1n) is 12.3. The number of methoxy groups -OCH3 is 1. The van der Waals surface area contributed by atoms with Gasteiger partial charge in [-0.05, 0) is 49.9 Å². The van der Waals surface area contributed by atoms with Crippen LogP contribution in [-0.2, 0) is 19.2 Å². The van der Waals surface area contributed by atoms with E-state index >= 15 is 0 Å². The number of carbonyl (C=O) groups excluding carboxylic acids is 4. The third kappa shape index (κ3) is 3.20. The van der Waals surface area contributed by atoms with E-state index in [0.717, 1.165) is 16.5 Å². The van der Waals surface area contributed by atoms with Crippen LogP contribution in [0.5, 0.6) is 11.5 Å². The molecule has 6 rings (SSSR count). The normalized spacial score (nSPS) is 31.9. The van der Waals surface area contributed by atoms with E-state index in [1.165, 1.54) is 31.4 Å². The number of ether oxygens (including phenoxy) is 1. The summed E-state index contributed by atoms with van der Waals surface area (Å²) in [7, 11) is 1.45. The van der Waals surface area contributed by atoms with Gasteiger partial charge >= 0.3 is 0 Å². The maximum atomic E-state index is 14.3. The molecule has 0 radical (unpaired) electrons. The Morgan fingerprint density at radius 1 is 1.11 bits per heavy atom. The molecule has 4 aliphatic rings. The number of carbonyl (C=O) groups is 4. The lowest BCUT2D eigenvalue weighted by molar-refractivity contribution is -0.131. The van der Waals surface area contributed by atoms with E-state index in [-0.39, 0.29) is 34.7 Å². The number of phenols is 1. The second-order valence-electron chi connectivity index (χ2n) is 10.5. The Morgan fingerprint density at radius 2 is 1.87 bits per heavy atom. The summed E-state index contributed by atoms with van der Waals surface area (Å²) in [5.74, 6) is -5.25. The van der Waals surface area contributed by atoms with Gasteiger partial charge in [0.1, 0.15) is 17.3 Å². The van der Waals surface area contributed by atoms with Crippen molar-refractivity contribution in [2.75, 3.05) is 12.0 Å². The molecular formula is C28H24ClFN2O6. The van der Waals surface area contributed by atoms with Gasteiger partial charge in [0.05, 0.1) is 41.0 Å². The van der Waals surface area contributed by atoms with Crippen LogP contribution in [0.4, 0.5) is 10.1 Å². The van der Waals surface area contributed by atoms with Crippen LogP contribution < -0.4 is 15.0 Å². The van der Waals surface area contributed by atoms with Gasteiger partial charge in [0.25, 0.3) is 0 Å². The second kappa shape index (κ2) is 8.39. The Hall–Kier alpha value is -3.72. The fraction of sp³-hybridized carbons (Fsp3) is 0.357. The molecule has 0 bridgehead atoms. The molecule has 2 heterocycles. The summed E-state index contributed by atoms with van der Waals surface area (Å²) in [6.45, 7) is 1.73. The van der Waals surface area contributed by atoms with Gasteiger partial charge in [-0.3, -0.25) is 24.5 Å². The number of amides is 4. The standard InChI is InChI=1S/C28H24ClFN2O6/c1-28-18(26(36)32(27(28)37)12-3-8-20(30)19(29)9-12)11-17-14(6-7-16-22(17)25(35)31-24(16)34)23(28)15-5-4-13(33)10-21(15)38-2/h3-6,8-10,16-18,22-23,33H,7,11H2,1-2H3,(H,31,34,35). The van der Waals surface area contributed by atoms with Crippen LogP contribution in [0.3, 0.4) is 0 Å². The molecule has 10 heteroatoms. The number of nitrogens with zero attached hydrogens (tertiary/aromatic N) is 1. The van der Waals surface area contributed by atoms with Gasteiger partial charge in [0.15, 0.2) is 0 Å². The van der Waals surface area contributed by atoms with Crippen LogP contribution in [0.1, 0.15) is 31.2 Å². The fourth-order valence-electron chi connectivity index (χ4n) is 7.08. The minimum absolute atomic E-state index is 0.0328. The Balaban J connectivity index is 1.56. The predicted octanol–water partition coefficient (Wildman–Crippen LogP) is 3.71. The molecule has 1 saturated carbocycles. The van der Waals surface area contributed by atoms with E-state index in [1.54, 1.807) is 13.0 Å². The van der Waals surface area contributed by atoms with Gasteiger partial charge in [-0.15, -0.1) is 0 Å². The third-order valence-corrected chi connectivity index (χ3v) is 9.10. The number of phenolic OH excluding ortho intramolecular Hbond substituents is 1. The van der Waals surface area contributed by atoms with Crippen LogP contribution in [0, 0.1) is 34.9 Å². The zero-order chi connectivity index (χ0) is 27.1. The topological polar surface area (TPSA) is 113 Å². The van der Waals surface area contributed by atoms with Crippen LogP contribution in [0.25, 0.3) is 0 Å². The quantitative estimate of drug-likeness (QED) is 0.455. The smallest absolute Gasteiger partial charge is 0.241 e. The van der Waals surface area contributed by atoms with Gasteiger partial charge in [0.2, 0.25) is 23.6 Å². The Bertz CT molecular complexity index is 1470. The van der Waals surface area contributed by atoms with Crippen molar-refractivity contribution in [1.82, 2.24) is 5.32 Å². The van der Waals surface area contributed by atoms with Crippen molar-refractivity contribution in [3.63, 3.8) is 0 Å². The number of allylic oxidation sites excluding steroid dienone is 2. The highest BCUT2D eigenvalue weighted by atomic mass is 35.5. The van der Waals surface area contributed by atoms with Crippen LogP contribution in [0.2, 0.25) is 5.02 Å². The Kier molecular flexibility index (Phi) is 5.43. The monoisotopic (exact) mass is 538 g/mol. The van der Waals surface area contributed by atoms with E-state index in [0.29, 0.717) is 17.7 Å². The average molecular weight is 539 g/mol. The van der Waals surface area contributed by atoms with Crippen LogP contribution in [-0.4, -0.2) is 35.8 Å². The zero-order valence-corrected chi connectivity index (χ0v) is 21.3. The highest BCUT2D eigenvalue weighted by Gasteiger charge is 2.67. The molecule has 6 unspecified atom stereocenters. The molecule has 2 aliphatic heterocycles. The maximum Gasteiger partial charge on any atom is 0.241 e. The first-order valence-corrected chi connectivity index (χ1v) is 12.7. The van der Waals surface area contributed by atoms with E-state index in [9.17, 15) is 28.7 Å². The second-order valence-corrected chi connectivity index (χ2v) is 10.9. The lowest BCUT2D eigenvalue weighted by Crippen LogP contribution is -2.48. The molecule has 2 aliphatic carbocycles. The van der Waals surface area contributed by atoms with Crippen molar-refractivity contribution in [3.8, 4) is 11.5 Å². The highest BCUT2D eigenvalue weighted by Crippen LogP contribution is 2.64. The highest BCUT2D eigenvalue weighted by molar-refractivity contribution is 6.31. The molecule has 196 valence electrons. The first-order chi connectivity index (χ1) is 18.1. The lowest BCUT2D eigenvalue weighted by atomic mass is 9.51. The van der Waals surface area contributed by atoms with Crippen molar-refractivity contribution in [3.05, 3.63) is 64.5 Å². The van der Waals surface area contributed by atoms with Gasteiger partial charge in [-0.1, -0.05) is 29.3 Å². The third-order valence-electron chi connectivity index (χ3n) is 8.81. The molecule has 3 fully saturated rings. The van der Waals surface area contributed by atoms with Crippen LogP contribution in [0.15, 0.2) is 48.0 Å². The number of nitrogens with one attached hydrogen (secondary N) is 1. The summed E-state index contributed by atoms with van der Waals surface area (Å²) in [6.07, 6.45) is 2.43. The Morgan fingerprint density at radius 3 is 2.58 bits per heavy atom. The summed E-state index contributed by atoms with van der Waals surface area (Å²) < 4.78 is 19.5. The van der Waals surface area contributed by atoms with Crippen molar-refractivity contribution in [1.29, 1.82) is 0 Å². The predicted molar refractivity (Wildman–Crippen MR) is 134 cm³/mol. The van der Waals surface area contributed by atoms with E-state index in [2.05, 4.69) is 5.32 Å². The van der Waals surface area contributed by atoms with Crippen LogP contribution >= 0.6 is 11.6 Å². The number of halogens is 2. The van der Waals surface area contributed by atoms with E-state index in [1.807, 2.05) is 6.08 Å². The minimum Gasteiger partial charge on any atom is -0.508 e. The summed E-state index contributed by atoms with van der Waals surface area (Å²) in [6, 6.07) is 8.26. The van der Waals surface area contributed by atoms with Crippen molar-refractivity contribution < 1.29 is 33.4 Å². The average Bonchev–Trinajstić information content (AvgIpc) is 3.28. The molecule has 4 amide bonds. The molecule has 2 aromatic rings. The van der Waals surface area contributed by atoms with Crippen molar-refractivity contribution >= 4 is 40.9 Å². The summed E-state index contributed by atoms with van der Waals surface area (Å²) in [5.41, 5.74) is 0.231. The maximum absolute atomic E-state index is 14.3. The Labute approximate surface area is 222 Å². The van der Waals surface area contributed by atoms with E-state index in [4.69, 9.17) is 16.3 Å². The number of anilines is 1. The molecule has 6 atom stereocenters. The van der Waals surface area contributed by atoms with Gasteiger partial charge in [-0.2, -0.15) is 0 Å². The number of hydrogen-bond acceptors (Lipinski definition) is 6. The minimum atomic E-state index is -1.30. The van der Waals surface area contributed by atoms with Crippen molar-refractivity contribution in [2.24, 2.45) is 29.1 Å². The van der Waals surface area contributed by atoms with Crippen molar-refractivity contribution in [2.45, 2.75) is 25.7 Å². The molecule has 38 heavy (non-hydrogen) atoms. The number of aromatic hydroxyl groups is 1. The molecular weight excluding hydrogens is 515 g/mol. The number of rotatable bonds is 3. The number of benzene rings is 2. The number of fused-ring (bicyclic) bond motifs is 4. The largest absolute Gasteiger partial charge is 0.508 e. The van der Waals surface area contributed by atoms with Gasteiger partial charge in [-0.25, -0.2) is 9.29 Å². The lowest BCUT2D eigenvalue weighted by Gasteiger charge is -2.49. The molecule has 2 N–H and O–H groups in total. The van der Waals surface area contributed by atoms with E-state index < -0.39 is 52.6 Å². The van der Waals surface area contributed by atoms with Gasteiger partial charge in [0, 0.05) is 17.5 Å². The molecule has 0 aromatic heterocycles. The molecule has 0 spiro atoms. The summed E-state index contributed by atoms with van der Waals surface area (Å²) in [4.78, 5) is 54.7. The molecule has 8 nitrogen and oxygen atoms in total. The zero-order valence-electron chi connectivity index (χ0n) is 20.5. The SMILES string of the molecule is COc1cc(O)ccc1C1C2=CCC3C(=O)NC(=O)C3C2CC2C(=O)N(c3ccc(F)c(Cl)c3)C(=O)C21C. The van der Waals surface area contributed by atoms with Gasteiger partial charge < -0.3 is 9.84 Å². The molecule has 2 saturated heterocycles. The number of hydrogen-bond donors (Lipinski definition) is 2. The summed E-state index contributed by atoms with van der Waals surface area (Å²) in [5, 5.41) is 12.3. The molecule has 2 aromatic carbocycles.